The Balaban J connectivity index is 1.80. The molecule has 0 radical (unpaired) electrons. The third kappa shape index (κ3) is 4.63. The number of hydrogen-bond acceptors (Lipinski definition) is 7. The Bertz CT molecular complexity index is 1350. The molecule has 2 aromatic carbocycles. The SMILES string of the molecule is CCN(CC)S(=O)(=O)c1cccc(-c2nnc3n2N=C(c2ccc(C)cc2)C(CC(=O)O)S3)c1. The highest BCUT2D eigenvalue weighted by atomic mass is 32.2. The molecule has 0 fully saturated rings. The number of hydrogen-bond donors (Lipinski definition) is 1. The van der Waals surface area contributed by atoms with Crippen molar-refractivity contribution in [2.75, 3.05) is 13.1 Å². The lowest BCUT2D eigenvalue weighted by Gasteiger charge is -2.22. The summed E-state index contributed by atoms with van der Waals surface area (Å²) in [6, 6.07) is 14.3. The minimum absolute atomic E-state index is 0.114. The van der Waals surface area contributed by atoms with Gasteiger partial charge in [-0.3, -0.25) is 4.79 Å². The lowest BCUT2D eigenvalue weighted by atomic mass is 10.0. The lowest BCUT2D eigenvalue weighted by Crippen LogP contribution is -2.30. The van der Waals surface area contributed by atoms with E-state index in [1.807, 2.05) is 31.2 Å². The maximum Gasteiger partial charge on any atom is 0.304 e. The molecule has 1 N–H and O–H groups in total. The fourth-order valence-electron chi connectivity index (χ4n) is 3.74. The molecule has 0 saturated carbocycles. The summed E-state index contributed by atoms with van der Waals surface area (Å²) in [5, 5.41) is 22.7. The predicted octanol–water partition coefficient (Wildman–Crippen LogP) is 3.49. The first-order chi connectivity index (χ1) is 16.2. The molecule has 0 saturated heterocycles. The first kappa shape index (κ1) is 24.1. The van der Waals surface area contributed by atoms with E-state index in [2.05, 4.69) is 10.2 Å². The van der Waals surface area contributed by atoms with Crippen molar-refractivity contribution in [1.29, 1.82) is 0 Å². The van der Waals surface area contributed by atoms with Gasteiger partial charge in [-0.25, -0.2) is 8.42 Å². The Labute approximate surface area is 202 Å². The van der Waals surface area contributed by atoms with E-state index in [4.69, 9.17) is 5.10 Å². The monoisotopic (exact) mass is 499 g/mol. The third-order valence-corrected chi connectivity index (χ3v) is 8.70. The molecule has 9 nitrogen and oxygen atoms in total. The Kier molecular flexibility index (Phi) is 6.87. The van der Waals surface area contributed by atoms with Gasteiger partial charge in [0.25, 0.3) is 0 Å². The van der Waals surface area contributed by atoms with Crippen LogP contribution in [0.4, 0.5) is 0 Å². The zero-order chi connectivity index (χ0) is 24.5. The Morgan fingerprint density at radius 1 is 1.09 bits per heavy atom. The largest absolute Gasteiger partial charge is 0.481 e. The van der Waals surface area contributed by atoms with Crippen molar-refractivity contribution < 1.29 is 18.3 Å². The average Bonchev–Trinajstić information content (AvgIpc) is 3.22. The maximum atomic E-state index is 13.0. The molecule has 2 heterocycles. The number of carboxylic acids is 1. The second kappa shape index (κ2) is 9.69. The molecular formula is C23H25N5O4S2. The molecule has 0 bridgehead atoms. The molecule has 1 unspecified atom stereocenters. The van der Waals surface area contributed by atoms with Crippen molar-refractivity contribution in [2.45, 2.75) is 42.5 Å². The minimum Gasteiger partial charge on any atom is -0.481 e. The normalized spacial score (nSPS) is 15.8. The number of carbonyl (C=O) groups is 1. The number of fused-ring (bicyclic) bond motifs is 1. The number of thioether (sulfide) groups is 1. The fourth-order valence-corrected chi connectivity index (χ4v) is 6.33. The fraction of sp³-hybridized carbons (Fsp3) is 0.304. The lowest BCUT2D eigenvalue weighted by molar-refractivity contribution is -0.136. The summed E-state index contributed by atoms with van der Waals surface area (Å²) >= 11 is 1.28. The van der Waals surface area contributed by atoms with Gasteiger partial charge < -0.3 is 5.11 Å². The van der Waals surface area contributed by atoms with E-state index in [1.165, 1.54) is 16.1 Å². The van der Waals surface area contributed by atoms with Crippen LogP contribution < -0.4 is 0 Å². The number of aromatic nitrogens is 3. The summed E-state index contributed by atoms with van der Waals surface area (Å²) in [6.45, 7) is 6.31. The number of rotatable bonds is 8. The zero-order valence-corrected chi connectivity index (χ0v) is 20.7. The molecule has 34 heavy (non-hydrogen) atoms. The quantitative estimate of drug-likeness (QED) is 0.504. The topological polar surface area (TPSA) is 118 Å². The first-order valence-corrected chi connectivity index (χ1v) is 13.2. The molecule has 3 aromatic rings. The zero-order valence-electron chi connectivity index (χ0n) is 19.0. The summed E-state index contributed by atoms with van der Waals surface area (Å²) in [5.41, 5.74) is 3.05. The Morgan fingerprint density at radius 3 is 2.44 bits per heavy atom. The number of benzene rings is 2. The first-order valence-electron chi connectivity index (χ1n) is 10.8. The van der Waals surface area contributed by atoms with Gasteiger partial charge in [-0.05, 0) is 24.6 Å². The van der Waals surface area contributed by atoms with Gasteiger partial charge in [0.2, 0.25) is 15.2 Å². The van der Waals surface area contributed by atoms with Gasteiger partial charge in [-0.2, -0.15) is 14.1 Å². The highest BCUT2D eigenvalue weighted by molar-refractivity contribution is 8.00. The van der Waals surface area contributed by atoms with Crippen LogP contribution in [0.15, 0.2) is 63.7 Å². The molecule has 1 aliphatic heterocycles. The number of aliphatic carboxylic acids is 1. The van der Waals surface area contributed by atoms with Crippen LogP contribution in [0.2, 0.25) is 0 Å². The van der Waals surface area contributed by atoms with E-state index in [1.54, 1.807) is 42.8 Å². The highest BCUT2D eigenvalue weighted by Crippen LogP contribution is 2.35. The predicted molar refractivity (Wildman–Crippen MR) is 131 cm³/mol. The van der Waals surface area contributed by atoms with Gasteiger partial charge in [0.15, 0.2) is 5.82 Å². The van der Waals surface area contributed by atoms with Gasteiger partial charge in [0.1, 0.15) is 0 Å². The molecule has 0 amide bonds. The number of aryl methyl sites for hydroxylation is 1. The molecule has 0 aliphatic carbocycles. The summed E-state index contributed by atoms with van der Waals surface area (Å²) < 4.78 is 29.0. The van der Waals surface area contributed by atoms with E-state index >= 15 is 0 Å². The van der Waals surface area contributed by atoms with E-state index < -0.39 is 21.2 Å². The van der Waals surface area contributed by atoms with Gasteiger partial charge >= 0.3 is 5.97 Å². The van der Waals surface area contributed by atoms with Crippen LogP contribution in [0.1, 0.15) is 31.4 Å². The second-order valence-electron chi connectivity index (χ2n) is 7.79. The molecular weight excluding hydrogens is 474 g/mol. The minimum atomic E-state index is -3.65. The maximum absolute atomic E-state index is 13.0. The molecule has 11 heteroatoms. The van der Waals surface area contributed by atoms with Crippen LogP contribution >= 0.6 is 11.8 Å². The van der Waals surface area contributed by atoms with Crippen LogP contribution in [-0.2, 0) is 14.8 Å². The molecule has 1 aliphatic rings. The Hall–Kier alpha value is -3.02. The van der Waals surface area contributed by atoms with Crippen LogP contribution in [0.25, 0.3) is 11.4 Å². The summed E-state index contributed by atoms with van der Waals surface area (Å²) in [4.78, 5) is 11.7. The standard InChI is InChI=1S/C23H25N5O4S2/c1-4-27(5-2)34(31,32)18-8-6-7-17(13-18)22-24-25-23-28(22)26-21(19(33-23)14-20(29)30)16-11-9-15(3)10-12-16/h6-13,19H,4-5,14H2,1-3H3,(H,29,30). The van der Waals surface area contributed by atoms with Crippen LogP contribution in [0, 0.1) is 6.92 Å². The van der Waals surface area contributed by atoms with Crippen LogP contribution in [-0.4, -0.2) is 62.7 Å². The molecule has 0 spiro atoms. The second-order valence-corrected chi connectivity index (χ2v) is 10.9. The number of carboxylic acid groups (broad SMARTS) is 1. The highest BCUT2D eigenvalue weighted by Gasteiger charge is 2.31. The van der Waals surface area contributed by atoms with E-state index in [0.29, 0.717) is 35.3 Å². The van der Waals surface area contributed by atoms with Gasteiger partial charge in [0.05, 0.1) is 22.3 Å². The average molecular weight is 500 g/mol. The summed E-state index contributed by atoms with van der Waals surface area (Å²) in [6.07, 6.45) is -0.114. The van der Waals surface area contributed by atoms with Crippen molar-refractivity contribution in [3.05, 3.63) is 59.7 Å². The summed E-state index contributed by atoms with van der Waals surface area (Å²) in [5.74, 6) is -0.544. The van der Waals surface area contributed by atoms with E-state index in [9.17, 15) is 18.3 Å². The van der Waals surface area contributed by atoms with Crippen molar-refractivity contribution in [3.63, 3.8) is 0 Å². The smallest absolute Gasteiger partial charge is 0.304 e. The molecule has 4 rings (SSSR count). The number of nitrogens with zero attached hydrogens (tertiary/aromatic N) is 5. The molecule has 1 aromatic heterocycles. The third-order valence-electron chi connectivity index (χ3n) is 5.52. The van der Waals surface area contributed by atoms with E-state index in [-0.39, 0.29) is 11.3 Å². The number of sulfonamides is 1. The summed E-state index contributed by atoms with van der Waals surface area (Å²) in [7, 11) is -3.65. The van der Waals surface area contributed by atoms with E-state index in [0.717, 1.165) is 11.1 Å². The van der Waals surface area contributed by atoms with Gasteiger partial charge in [0, 0.05) is 18.7 Å². The Morgan fingerprint density at radius 2 is 1.79 bits per heavy atom. The van der Waals surface area contributed by atoms with Crippen molar-refractivity contribution in [2.24, 2.45) is 5.10 Å². The van der Waals surface area contributed by atoms with Gasteiger partial charge in [-0.15, -0.1) is 10.2 Å². The molecule has 178 valence electrons. The van der Waals surface area contributed by atoms with Gasteiger partial charge in [-0.1, -0.05) is 67.6 Å². The van der Waals surface area contributed by atoms with Crippen LogP contribution in [0.3, 0.4) is 0 Å². The van der Waals surface area contributed by atoms with Crippen LogP contribution in [0.5, 0.6) is 0 Å². The van der Waals surface area contributed by atoms with Crippen molar-refractivity contribution >= 4 is 33.5 Å². The van der Waals surface area contributed by atoms with Crippen molar-refractivity contribution in [3.8, 4) is 11.4 Å². The molecule has 1 atom stereocenters. The van der Waals surface area contributed by atoms with Crippen molar-refractivity contribution in [1.82, 2.24) is 19.2 Å².